The third kappa shape index (κ3) is 10.1. The molecule has 0 heterocycles. The first-order chi connectivity index (χ1) is 23.6. The Labute approximate surface area is 302 Å². The highest BCUT2D eigenvalue weighted by Gasteiger charge is 2.54. The molecule has 286 valence electrons. The van der Waals surface area contributed by atoms with Gasteiger partial charge in [-0.3, -0.25) is 9.59 Å². The maximum Gasteiger partial charge on any atom is 0.407 e. The van der Waals surface area contributed by atoms with Crippen molar-refractivity contribution >= 4 is 34.1 Å². The van der Waals surface area contributed by atoms with Crippen molar-refractivity contribution < 1.29 is 46.9 Å². The van der Waals surface area contributed by atoms with Gasteiger partial charge in [0.2, 0.25) is 5.91 Å². The third-order valence-electron chi connectivity index (χ3n) is 11.3. The number of carboxylic acids is 1. The summed E-state index contributed by atoms with van der Waals surface area (Å²) >= 11 is 0. The van der Waals surface area contributed by atoms with Crippen LogP contribution in [-0.2, 0) is 29.1 Å². The highest BCUT2D eigenvalue weighted by atomic mass is 32.2. The SMILES string of the molecule is CC(C)(C)OC(=O)NCC12CCC(C(=O)O)(CC1)CC2.COc1ccc(S(=O)(=O)NC(=O)C23CCC(CNC(=O)OC(C)(C)C)(CC2)CC3)cc1. The second-order valence-electron chi connectivity index (χ2n) is 17.2. The first-order valence-electron chi connectivity index (χ1n) is 17.9. The highest BCUT2D eigenvalue weighted by molar-refractivity contribution is 7.90. The van der Waals surface area contributed by atoms with Crippen LogP contribution in [0.4, 0.5) is 9.59 Å². The van der Waals surface area contributed by atoms with Crippen LogP contribution in [0.2, 0.25) is 0 Å². The molecule has 0 aromatic heterocycles. The molecule has 0 saturated heterocycles. The molecule has 51 heavy (non-hydrogen) atoms. The Balaban J connectivity index is 0.000000251. The van der Waals surface area contributed by atoms with Crippen LogP contribution in [0, 0.1) is 21.7 Å². The summed E-state index contributed by atoms with van der Waals surface area (Å²) in [4.78, 5) is 48.1. The van der Waals surface area contributed by atoms with Gasteiger partial charge in [-0.25, -0.2) is 22.7 Å². The maximum atomic E-state index is 13.0. The Morgan fingerprint density at radius 3 is 1.37 bits per heavy atom. The molecule has 6 saturated carbocycles. The van der Waals surface area contributed by atoms with E-state index in [-0.39, 0.29) is 21.8 Å². The number of ether oxygens (including phenoxy) is 3. The molecule has 0 radical (unpaired) electrons. The first kappa shape index (κ1) is 40.2. The number of carbonyl (C=O) groups excluding carboxylic acids is 3. The van der Waals surface area contributed by atoms with Crippen molar-refractivity contribution in [1.29, 1.82) is 0 Å². The van der Waals surface area contributed by atoms with E-state index in [0.717, 1.165) is 57.8 Å². The van der Waals surface area contributed by atoms with Crippen molar-refractivity contribution in [3.8, 4) is 5.75 Å². The summed E-state index contributed by atoms with van der Waals surface area (Å²) in [6.45, 7) is 12.1. The number of benzene rings is 1. The summed E-state index contributed by atoms with van der Waals surface area (Å²) in [7, 11) is -2.45. The first-order valence-corrected chi connectivity index (χ1v) is 19.4. The summed E-state index contributed by atoms with van der Waals surface area (Å²) < 4.78 is 43.2. The van der Waals surface area contributed by atoms with Crippen molar-refractivity contribution in [2.45, 2.75) is 135 Å². The lowest BCUT2D eigenvalue weighted by molar-refractivity contribution is -0.158. The Bertz CT molecular complexity index is 1510. The molecule has 0 unspecified atom stereocenters. The molecule has 3 amide bonds. The van der Waals surface area contributed by atoms with Gasteiger partial charge >= 0.3 is 18.2 Å². The van der Waals surface area contributed by atoms with Crippen LogP contribution in [0.3, 0.4) is 0 Å². The second kappa shape index (κ2) is 14.8. The number of carbonyl (C=O) groups is 4. The molecular formula is C37H57N3O10S. The number of amides is 3. The van der Waals surface area contributed by atoms with Gasteiger partial charge in [0.1, 0.15) is 17.0 Å². The van der Waals surface area contributed by atoms with Crippen LogP contribution >= 0.6 is 0 Å². The van der Waals surface area contributed by atoms with Crippen molar-refractivity contribution in [2.24, 2.45) is 21.7 Å². The largest absolute Gasteiger partial charge is 0.497 e. The van der Waals surface area contributed by atoms with E-state index in [1.807, 2.05) is 41.5 Å². The van der Waals surface area contributed by atoms with Gasteiger partial charge in [-0.15, -0.1) is 0 Å². The van der Waals surface area contributed by atoms with Crippen molar-refractivity contribution in [3.05, 3.63) is 24.3 Å². The Hall–Kier alpha value is -3.55. The van der Waals surface area contributed by atoms with Crippen molar-refractivity contribution in [1.82, 2.24) is 15.4 Å². The molecule has 1 aromatic carbocycles. The molecule has 0 atom stereocenters. The van der Waals surface area contributed by atoms with Crippen LogP contribution in [0.15, 0.2) is 29.2 Å². The predicted octanol–water partition coefficient (Wildman–Crippen LogP) is 6.30. The fourth-order valence-corrected chi connectivity index (χ4v) is 8.98. The minimum absolute atomic E-state index is 0.0283. The monoisotopic (exact) mass is 735 g/mol. The second-order valence-corrected chi connectivity index (χ2v) is 18.9. The summed E-state index contributed by atoms with van der Waals surface area (Å²) in [5, 5.41) is 15.1. The van der Waals surface area contributed by atoms with Gasteiger partial charge < -0.3 is 30.0 Å². The third-order valence-corrected chi connectivity index (χ3v) is 12.7. The maximum absolute atomic E-state index is 13.0. The quantitative estimate of drug-likeness (QED) is 0.224. The lowest BCUT2D eigenvalue weighted by atomic mass is 9.53. The van der Waals surface area contributed by atoms with Gasteiger partial charge in [0, 0.05) is 13.1 Å². The highest BCUT2D eigenvalue weighted by Crippen LogP contribution is 2.57. The van der Waals surface area contributed by atoms with E-state index >= 15 is 0 Å². The fraction of sp³-hybridized carbons (Fsp3) is 0.730. The number of hydrogen-bond acceptors (Lipinski definition) is 9. The molecule has 1 aromatic rings. The molecular weight excluding hydrogens is 678 g/mol. The van der Waals surface area contributed by atoms with E-state index in [0.29, 0.717) is 38.1 Å². The number of hydrogen-bond donors (Lipinski definition) is 4. The van der Waals surface area contributed by atoms with E-state index in [9.17, 15) is 32.7 Å². The van der Waals surface area contributed by atoms with E-state index < -0.39 is 50.0 Å². The van der Waals surface area contributed by atoms with Crippen molar-refractivity contribution in [2.75, 3.05) is 20.2 Å². The van der Waals surface area contributed by atoms with E-state index in [2.05, 4.69) is 15.4 Å². The topological polar surface area (TPSA) is 186 Å². The number of aliphatic carboxylic acids is 1. The smallest absolute Gasteiger partial charge is 0.407 e. The van der Waals surface area contributed by atoms with Crippen molar-refractivity contribution in [3.63, 3.8) is 0 Å². The van der Waals surface area contributed by atoms with Crippen LogP contribution in [0.5, 0.6) is 5.75 Å². The average Bonchev–Trinajstić information content (AvgIpc) is 3.07. The fourth-order valence-electron chi connectivity index (χ4n) is 7.91. The number of alkyl carbamates (subject to hydrolysis) is 2. The van der Waals surface area contributed by atoms with E-state index in [1.165, 1.54) is 19.2 Å². The van der Waals surface area contributed by atoms with Crippen LogP contribution in [0.1, 0.15) is 119 Å². The molecule has 14 heteroatoms. The minimum Gasteiger partial charge on any atom is -0.497 e. The number of nitrogens with one attached hydrogen (secondary N) is 3. The predicted molar refractivity (Wildman–Crippen MR) is 190 cm³/mol. The lowest BCUT2D eigenvalue weighted by Crippen LogP contribution is -2.54. The molecule has 0 aliphatic heterocycles. The van der Waals surface area contributed by atoms with Gasteiger partial charge in [0.05, 0.1) is 22.8 Å². The zero-order valence-electron chi connectivity index (χ0n) is 31.2. The van der Waals surface area contributed by atoms with E-state index in [1.54, 1.807) is 12.1 Å². The molecule has 7 rings (SSSR count). The zero-order valence-corrected chi connectivity index (χ0v) is 32.1. The molecule has 4 N–H and O–H groups in total. The van der Waals surface area contributed by atoms with Gasteiger partial charge in [0.25, 0.3) is 10.0 Å². The summed E-state index contributed by atoms with van der Waals surface area (Å²) in [5.41, 5.74) is -2.19. The van der Waals surface area contributed by atoms with Gasteiger partial charge in [-0.2, -0.15) is 0 Å². The van der Waals surface area contributed by atoms with Gasteiger partial charge in [-0.05, 0) is 154 Å². The van der Waals surface area contributed by atoms with E-state index in [4.69, 9.17) is 14.2 Å². The van der Waals surface area contributed by atoms with Crippen LogP contribution < -0.4 is 20.1 Å². The molecule has 13 nitrogen and oxygen atoms in total. The number of sulfonamides is 1. The molecule has 6 fully saturated rings. The zero-order chi connectivity index (χ0) is 37.9. The summed E-state index contributed by atoms with van der Waals surface area (Å²) in [5.74, 6) is -0.539. The standard InChI is InChI=1S/C22H32N2O6S.C15H25NO4/c1-20(2,3)30-19(26)23-15-21-9-12-22(13-10-21,14-11-21)18(25)24-31(27,28)17-7-5-16(29-4)6-8-17;1-13(2,3)20-12(19)16-10-14-4-7-15(8-5-14,9-6-14)11(17)18/h5-8H,9-15H2,1-4H3,(H,23,26)(H,24,25);4-10H2,1-3H3,(H,16,19)(H,17,18). The lowest BCUT2D eigenvalue weighted by Gasteiger charge is -2.52. The number of methoxy groups -OCH3 is 1. The number of fused-ring (bicyclic) bond motifs is 6. The van der Waals surface area contributed by atoms with Crippen LogP contribution in [-0.4, -0.2) is 69.0 Å². The van der Waals surface area contributed by atoms with Gasteiger partial charge in [-0.1, -0.05) is 0 Å². The number of carboxylic acid groups (broad SMARTS) is 1. The summed E-state index contributed by atoms with van der Waals surface area (Å²) in [6.07, 6.45) is 8.14. The molecule has 6 aliphatic carbocycles. The van der Waals surface area contributed by atoms with Crippen LogP contribution in [0.25, 0.3) is 0 Å². The summed E-state index contributed by atoms with van der Waals surface area (Å²) in [6, 6.07) is 5.93. The molecule has 4 bridgehead atoms. The number of rotatable bonds is 9. The van der Waals surface area contributed by atoms with Gasteiger partial charge in [0.15, 0.2) is 0 Å². The Morgan fingerprint density at radius 1 is 0.667 bits per heavy atom. The Morgan fingerprint density at radius 2 is 1.04 bits per heavy atom. The minimum atomic E-state index is -3.95. The average molecular weight is 736 g/mol. The molecule has 6 aliphatic rings. The normalized spacial score (nSPS) is 28.4. The Kier molecular flexibility index (Phi) is 11.7. The molecule has 0 spiro atoms.